The first-order valence-corrected chi connectivity index (χ1v) is 9.39. The van der Waals surface area contributed by atoms with Crippen LogP contribution in [-0.2, 0) is 17.5 Å². The van der Waals surface area contributed by atoms with Gasteiger partial charge in [0, 0.05) is 18.5 Å². The molecule has 1 aromatic heterocycles. The minimum atomic E-state index is -4.37. The Kier molecular flexibility index (Phi) is 6.01. The van der Waals surface area contributed by atoms with E-state index in [4.69, 9.17) is 4.74 Å². The second-order valence-corrected chi connectivity index (χ2v) is 7.13. The number of guanidine groups is 1. The van der Waals surface area contributed by atoms with Gasteiger partial charge in [-0.25, -0.2) is 4.98 Å². The molecule has 0 amide bonds. The van der Waals surface area contributed by atoms with E-state index < -0.39 is 17.8 Å². The van der Waals surface area contributed by atoms with Gasteiger partial charge in [0.25, 0.3) is 0 Å². The first kappa shape index (κ1) is 19.6. The number of rotatable bonds is 3. The fourth-order valence-corrected chi connectivity index (χ4v) is 3.66. The minimum Gasteiger partial charge on any atom is -0.370 e. The summed E-state index contributed by atoms with van der Waals surface area (Å²) in [5.41, 5.74) is 2.63. The van der Waals surface area contributed by atoms with Crippen LogP contribution in [0.15, 0.2) is 34.8 Å². The van der Waals surface area contributed by atoms with Gasteiger partial charge < -0.3 is 15.0 Å². The molecular formula is C18H21F3N4OS. The molecular weight excluding hydrogens is 377 g/mol. The molecule has 1 aliphatic heterocycles. The highest BCUT2D eigenvalue weighted by atomic mass is 32.1. The predicted octanol–water partition coefficient (Wildman–Crippen LogP) is 3.62. The highest BCUT2D eigenvalue weighted by Gasteiger charge is 2.32. The van der Waals surface area contributed by atoms with Crippen molar-refractivity contribution in [3.05, 3.63) is 51.5 Å². The Morgan fingerprint density at radius 3 is 2.93 bits per heavy atom. The maximum absolute atomic E-state index is 13.0. The first-order valence-electron chi connectivity index (χ1n) is 8.52. The Hall–Kier alpha value is -2.13. The number of aromatic nitrogens is 1. The lowest BCUT2D eigenvalue weighted by atomic mass is 10.0. The summed E-state index contributed by atoms with van der Waals surface area (Å²) in [6.07, 6.45) is -4.81. The Morgan fingerprint density at radius 2 is 2.26 bits per heavy atom. The molecule has 1 unspecified atom stereocenters. The molecule has 5 nitrogen and oxygen atoms in total. The Balaban J connectivity index is 1.68. The van der Waals surface area contributed by atoms with Gasteiger partial charge >= 0.3 is 6.18 Å². The van der Waals surface area contributed by atoms with Crippen molar-refractivity contribution >= 4 is 17.3 Å². The lowest BCUT2D eigenvalue weighted by molar-refractivity contribution is -0.137. The summed E-state index contributed by atoms with van der Waals surface area (Å²) in [7, 11) is 1.69. The van der Waals surface area contributed by atoms with Gasteiger partial charge in [-0.15, -0.1) is 11.3 Å². The highest BCUT2D eigenvalue weighted by molar-refractivity contribution is 7.09. The Labute approximate surface area is 159 Å². The SMILES string of the molecule is CN=C(NCc1scnc1C)N1CCOC(c2cccc(C(F)(F)F)c2)C1. The van der Waals surface area contributed by atoms with E-state index >= 15 is 0 Å². The third-order valence-electron chi connectivity index (χ3n) is 4.42. The summed E-state index contributed by atoms with van der Waals surface area (Å²) in [5, 5.41) is 3.30. The lowest BCUT2D eigenvalue weighted by Crippen LogP contribution is -2.48. The predicted molar refractivity (Wildman–Crippen MR) is 98.8 cm³/mol. The summed E-state index contributed by atoms with van der Waals surface area (Å²) in [5.74, 6) is 0.697. The van der Waals surface area contributed by atoms with Gasteiger partial charge in [-0.05, 0) is 24.6 Å². The van der Waals surface area contributed by atoms with Crippen molar-refractivity contribution in [3.8, 4) is 0 Å². The van der Waals surface area contributed by atoms with Crippen LogP contribution in [0.4, 0.5) is 13.2 Å². The number of halogens is 3. The number of nitrogens with one attached hydrogen (secondary N) is 1. The summed E-state index contributed by atoms with van der Waals surface area (Å²) in [4.78, 5) is 11.7. The zero-order chi connectivity index (χ0) is 19.4. The molecule has 1 fully saturated rings. The van der Waals surface area contributed by atoms with E-state index in [-0.39, 0.29) is 0 Å². The standard InChI is InChI=1S/C18H21F3N4OS/c1-12-16(27-11-24-12)9-23-17(22-2)25-6-7-26-15(10-25)13-4-3-5-14(8-13)18(19,20)21/h3-5,8,11,15H,6-7,9-10H2,1-2H3,(H,22,23). The number of ether oxygens (including phenoxy) is 1. The van der Waals surface area contributed by atoms with E-state index in [2.05, 4.69) is 15.3 Å². The van der Waals surface area contributed by atoms with Gasteiger partial charge in [0.05, 0.1) is 36.5 Å². The molecule has 2 heterocycles. The first-order chi connectivity index (χ1) is 12.9. The van der Waals surface area contributed by atoms with E-state index in [1.54, 1.807) is 30.0 Å². The number of aliphatic imine (C=N–C) groups is 1. The normalized spacial score (nSPS) is 18.6. The van der Waals surface area contributed by atoms with Gasteiger partial charge in [0.1, 0.15) is 6.10 Å². The van der Waals surface area contributed by atoms with Crippen LogP contribution in [0.2, 0.25) is 0 Å². The van der Waals surface area contributed by atoms with Crippen molar-refractivity contribution in [1.29, 1.82) is 0 Å². The number of morpholine rings is 1. The number of hydrogen-bond acceptors (Lipinski definition) is 4. The van der Waals surface area contributed by atoms with Crippen molar-refractivity contribution in [2.24, 2.45) is 4.99 Å². The average Bonchev–Trinajstić information content (AvgIpc) is 3.07. The van der Waals surface area contributed by atoms with E-state index in [1.807, 2.05) is 11.8 Å². The second-order valence-electron chi connectivity index (χ2n) is 6.19. The smallest absolute Gasteiger partial charge is 0.370 e. The van der Waals surface area contributed by atoms with Crippen LogP contribution in [0, 0.1) is 6.92 Å². The molecule has 146 valence electrons. The molecule has 27 heavy (non-hydrogen) atoms. The number of hydrogen-bond donors (Lipinski definition) is 1. The second kappa shape index (κ2) is 8.26. The van der Waals surface area contributed by atoms with E-state index in [0.29, 0.717) is 37.8 Å². The molecule has 0 aliphatic carbocycles. The third kappa shape index (κ3) is 4.78. The van der Waals surface area contributed by atoms with Gasteiger partial charge in [-0.2, -0.15) is 13.2 Å². The summed E-state index contributed by atoms with van der Waals surface area (Å²) < 4.78 is 44.7. The van der Waals surface area contributed by atoms with E-state index in [1.165, 1.54) is 6.07 Å². The van der Waals surface area contributed by atoms with Crippen LogP contribution in [-0.4, -0.2) is 42.6 Å². The number of aryl methyl sites for hydroxylation is 1. The number of nitrogens with zero attached hydrogens (tertiary/aromatic N) is 3. The molecule has 0 saturated carbocycles. The number of benzene rings is 1. The van der Waals surface area contributed by atoms with E-state index in [9.17, 15) is 13.2 Å². The van der Waals surface area contributed by atoms with Crippen molar-refractivity contribution in [2.45, 2.75) is 25.7 Å². The zero-order valence-corrected chi connectivity index (χ0v) is 15.9. The van der Waals surface area contributed by atoms with Crippen LogP contribution in [0.3, 0.4) is 0 Å². The molecule has 0 radical (unpaired) electrons. The maximum atomic E-state index is 13.0. The van der Waals surface area contributed by atoms with Crippen LogP contribution >= 0.6 is 11.3 Å². The molecule has 0 bridgehead atoms. The molecule has 2 aromatic rings. The van der Waals surface area contributed by atoms with Crippen molar-refractivity contribution in [3.63, 3.8) is 0 Å². The minimum absolute atomic E-state index is 0.418. The quantitative estimate of drug-likeness (QED) is 0.634. The molecule has 1 N–H and O–H groups in total. The lowest BCUT2D eigenvalue weighted by Gasteiger charge is -2.35. The van der Waals surface area contributed by atoms with Gasteiger partial charge in [-0.3, -0.25) is 4.99 Å². The highest BCUT2D eigenvalue weighted by Crippen LogP contribution is 2.32. The largest absolute Gasteiger partial charge is 0.416 e. The van der Waals surface area contributed by atoms with Crippen LogP contribution in [0.1, 0.15) is 27.8 Å². The summed E-state index contributed by atoms with van der Waals surface area (Å²) >= 11 is 1.57. The zero-order valence-electron chi connectivity index (χ0n) is 15.1. The van der Waals surface area contributed by atoms with Crippen molar-refractivity contribution in [1.82, 2.24) is 15.2 Å². The monoisotopic (exact) mass is 398 g/mol. The molecule has 1 atom stereocenters. The molecule has 0 spiro atoms. The van der Waals surface area contributed by atoms with Crippen molar-refractivity contribution in [2.75, 3.05) is 26.7 Å². The van der Waals surface area contributed by atoms with Crippen LogP contribution < -0.4 is 5.32 Å². The fraction of sp³-hybridized carbons (Fsp3) is 0.444. The Bertz CT molecular complexity index is 806. The van der Waals surface area contributed by atoms with Gasteiger partial charge in [0.15, 0.2) is 5.96 Å². The molecule has 1 aromatic carbocycles. The van der Waals surface area contributed by atoms with Crippen LogP contribution in [0.5, 0.6) is 0 Å². The average molecular weight is 398 g/mol. The van der Waals surface area contributed by atoms with E-state index in [0.717, 1.165) is 22.7 Å². The Morgan fingerprint density at radius 1 is 1.44 bits per heavy atom. The molecule has 9 heteroatoms. The maximum Gasteiger partial charge on any atom is 0.416 e. The van der Waals surface area contributed by atoms with Crippen molar-refractivity contribution < 1.29 is 17.9 Å². The number of alkyl halides is 3. The third-order valence-corrected chi connectivity index (χ3v) is 5.35. The molecule has 1 saturated heterocycles. The summed E-state index contributed by atoms with van der Waals surface area (Å²) in [6.45, 7) is 4.03. The van der Waals surface area contributed by atoms with Gasteiger partial charge in [-0.1, -0.05) is 12.1 Å². The topological polar surface area (TPSA) is 49.8 Å². The fourth-order valence-electron chi connectivity index (χ4n) is 2.95. The number of thiazole rings is 1. The molecule has 1 aliphatic rings. The molecule has 3 rings (SSSR count). The van der Waals surface area contributed by atoms with Gasteiger partial charge in [0.2, 0.25) is 0 Å². The summed E-state index contributed by atoms with van der Waals surface area (Å²) in [6, 6.07) is 5.31. The van der Waals surface area contributed by atoms with Crippen LogP contribution in [0.25, 0.3) is 0 Å².